The first-order chi connectivity index (χ1) is 23.5. The number of fused-ring (bicyclic) bond motifs is 3. The lowest BCUT2D eigenvalue weighted by molar-refractivity contribution is 0.243. The smallest absolute Gasteiger partial charge is 0.122 e. The van der Waals surface area contributed by atoms with Crippen LogP contribution in [0.2, 0.25) is 0 Å². The lowest BCUT2D eigenvalue weighted by Crippen LogP contribution is -2.36. The van der Waals surface area contributed by atoms with Gasteiger partial charge in [-0.25, -0.2) is 4.39 Å². The molecule has 2 heteroatoms. The minimum absolute atomic E-state index is 0.120. The van der Waals surface area contributed by atoms with Gasteiger partial charge in [0.2, 0.25) is 0 Å². The summed E-state index contributed by atoms with van der Waals surface area (Å²) in [6.45, 7) is 39.8. The minimum Gasteiger partial charge on any atom is -0.313 e. The zero-order valence-electron chi connectivity index (χ0n) is 34.3. The fourth-order valence-electron chi connectivity index (χ4n) is 9.18. The molecule has 4 rings (SSSR count). The highest BCUT2D eigenvalue weighted by molar-refractivity contribution is 5.95. The molecular formula is C49H64FN. The van der Waals surface area contributed by atoms with E-state index in [4.69, 9.17) is 0 Å². The zero-order valence-corrected chi connectivity index (χ0v) is 34.3. The SMILES string of the molecule is C=C\C(F)=C/C=C(\C=C(/C=C)C(C)(C)CC(C)(C)C)n1c2c(c3ccc(-c4c(C)cc(C)cc4C)cc31)C(C)(C(C)(C)/C=C(/C)C=C(C)C)CC2. The van der Waals surface area contributed by atoms with Crippen LogP contribution in [0, 0.1) is 37.0 Å². The number of aromatic nitrogens is 1. The van der Waals surface area contributed by atoms with Gasteiger partial charge in [-0.1, -0.05) is 128 Å². The number of hydrogen-bond acceptors (Lipinski definition) is 0. The van der Waals surface area contributed by atoms with Gasteiger partial charge in [0.1, 0.15) is 5.83 Å². The molecule has 0 saturated carbocycles. The topological polar surface area (TPSA) is 4.93 Å². The molecule has 0 spiro atoms. The molecule has 0 bridgehead atoms. The molecule has 0 saturated heterocycles. The highest BCUT2D eigenvalue weighted by Gasteiger charge is 2.48. The number of hydrogen-bond donors (Lipinski definition) is 0. The second-order valence-corrected chi connectivity index (χ2v) is 18.1. The third-order valence-corrected chi connectivity index (χ3v) is 11.1. The number of allylic oxidation sites excluding steroid dienone is 12. The van der Waals surface area contributed by atoms with Crippen LogP contribution in [0.5, 0.6) is 0 Å². The van der Waals surface area contributed by atoms with Crippen LogP contribution in [0.3, 0.4) is 0 Å². The molecule has 1 aromatic heterocycles. The lowest BCUT2D eigenvalue weighted by atomic mass is 9.62. The van der Waals surface area contributed by atoms with E-state index in [1.54, 1.807) is 6.08 Å². The molecule has 1 aliphatic carbocycles. The molecule has 0 N–H and O–H groups in total. The summed E-state index contributed by atoms with van der Waals surface area (Å²) in [7, 11) is 0. The van der Waals surface area contributed by atoms with Crippen molar-refractivity contribution in [2.24, 2.45) is 16.2 Å². The van der Waals surface area contributed by atoms with Crippen molar-refractivity contribution in [3.05, 3.63) is 137 Å². The van der Waals surface area contributed by atoms with Gasteiger partial charge in [-0.05, 0) is 141 Å². The molecule has 51 heavy (non-hydrogen) atoms. The molecule has 1 aliphatic rings. The Morgan fingerprint density at radius 1 is 0.882 bits per heavy atom. The highest BCUT2D eigenvalue weighted by atomic mass is 19.1. The molecule has 1 atom stereocenters. The number of halogens is 1. The second-order valence-electron chi connectivity index (χ2n) is 18.1. The molecule has 3 aromatic rings. The summed E-state index contributed by atoms with van der Waals surface area (Å²) in [5, 5.41) is 1.26. The van der Waals surface area contributed by atoms with E-state index in [9.17, 15) is 4.39 Å². The number of rotatable bonds is 11. The minimum atomic E-state index is -0.361. The van der Waals surface area contributed by atoms with E-state index in [1.165, 1.54) is 61.7 Å². The molecule has 0 aliphatic heterocycles. The maximum absolute atomic E-state index is 14.9. The van der Waals surface area contributed by atoms with E-state index in [0.717, 1.165) is 36.0 Å². The average molecular weight is 686 g/mol. The van der Waals surface area contributed by atoms with Crippen molar-refractivity contribution in [2.45, 2.75) is 122 Å². The molecule has 1 heterocycles. The van der Waals surface area contributed by atoms with E-state index in [2.05, 4.69) is 163 Å². The van der Waals surface area contributed by atoms with Crippen molar-refractivity contribution < 1.29 is 4.39 Å². The molecule has 0 amide bonds. The molecule has 2 aromatic carbocycles. The third-order valence-electron chi connectivity index (χ3n) is 11.1. The standard InChI is InChI=1S/C49H64FN/c1-17-38(47(12,13)31-46(9,10)11)29-40(21-20-39(50)18-2)51-42-23-24-49(16,48(14,15)30-34(6)25-32(3)4)45(42)41-22-19-37(28-43(41)51)44-35(7)26-33(5)27-36(44)8/h17-22,25-30H,1-2,23-24,31H2,3-16H3/b34-30-,38-29+,39-20+,40-21+. The lowest BCUT2D eigenvalue weighted by Gasteiger charge is -2.41. The van der Waals surface area contributed by atoms with Gasteiger partial charge in [-0.3, -0.25) is 0 Å². The van der Waals surface area contributed by atoms with Crippen LogP contribution >= 0.6 is 0 Å². The summed E-state index contributed by atoms with van der Waals surface area (Å²) in [6.07, 6.45) is 16.7. The van der Waals surface area contributed by atoms with Gasteiger partial charge < -0.3 is 4.57 Å². The number of benzene rings is 2. The first-order valence-electron chi connectivity index (χ1n) is 18.7. The van der Waals surface area contributed by atoms with Gasteiger partial charge in [0.15, 0.2) is 0 Å². The van der Waals surface area contributed by atoms with Crippen LogP contribution in [-0.2, 0) is 11.8 Å². The van der Waals surface area contributed by atoms with Crippen LogP contribution < -0.4 is 0 Å². The predicted octanol–water partition coefficient (Wildman–Crippen LogP) is 14.8. The first-order valence-corrected chi connectivity index (χ1v) is 18.7. The van der Waals surface area contributed by atoms with E-state index < -0.39 is 0 Å². The van der Waals surface area contributed by atoms with Crippen molar-refractivity contribution in [2.75, 3.05) is 0 Å². The molecule has 272 valence electrons. The highest BCUT2D eigenvalue weighted by Crippen LogP contribution is 2.56. The largest absolute Gasteiger partial charge is 0.313 e. The van der Waals surface area contributed by atoms with Gasteiger partial charge in [0.05, 0.1) is 5.52 Å². The Balaban J connectivity index is 2.17. The quantitative estimate of drug-likeness (QED) is 0.177. The number of nitrogens with zero attached hydrogens (tertiary/aromatic N) is 1. The van der Waals surface area contributed by atoms with E-state index in [-0.39, 0.29) is 27.5 Å². The summed E-state index contributed by atoms with van der Waals surface area (Å²) in [4.78, 5) is 0. The second kappa shape index (κ2) is 14.6. The average Bonchev–Trinajstić information content (AvgIpc) is 3.50. The molecule has 1 unspecified atom stereocenters. The van der Waals surface area contributed by atoms with E-state index in [0.29, 0.717) is 0 Å². The van der Waals surface area contributed by atoms with Crippen LogP contribution in [-0.4, -0.2) is 4.57 Å². The van der Waals surface area contributed by atoms with Crippen molar-refractivity contribution in [1.82, 2.24) is 4.57 Å². The Morgan fingerprint density at radius 2 is 1.51 bits per heavy atom. The Labute approximate surface area is 310 Å². The van der Waals surface area contributed by atoms with Gasteiger partial charge in [-0.2, -0.15) is 0 Å². The summed E-state index contributed by atoms with van der Waals surface area (Å²) < 4.78 is 17.4. The number of aryl methyl sites for hydroxylation is 3. The maximum atomic E-state index is 14.9. The fraction of sp³-hybridized carbons (Fsp3) is 0.429. The first kappa shape index (κ1) is 39.9. The summed E-state index contributed by atoms with van der Waals surface area (Å²) in [5.41, 5.74) is 14.5. The molecule has 0 radical (unpaired) electrons. The van der Waals surface area contributed by atoms with Crippen molar-refractivity contribution in [3.8, 4) is 11.1 Å². The van der Waals surface area contributed by atoms with Gasteiger partial charge in [-0.15, -0.1) is 0 Å². The maximum Gasteiger partial charge on any atom is 0.122 e. The Bertz CT molecular complexity index is 1970. The monoisotopic (exact) mass is 686 g/mol. The zero-order chi connectivity index (χ0) is 38.3. The van der Waals surface area contributed by atoms with E-state index >= 15 is 0 Å². The third kappa shape index (κ3) is 8.27. The van der Waals surface area contributed by atoms with Gasteiger partial charge in [0.25, 0.3) is 0 Å². The normalized spacial score (nSPS) is 17.9. The summed E-state index contributed by atoms with van der Waals surface area (Å²) in [6, 6.07) is 11.6. The van der Waals surface area contributed by atoms with Crippen molar-refractivity contribution in [1.29, 1.82) is 0 Å². The van der Waals surface area contributed by atoms with Crippen LogP contribution in [0.15, 0.2) is 109 Å². The van der Waals surface area contributed by atoms with E-state index in [1.807, 2.05) is 12.2 Å². The predicted molar refractivity (Wildman–Crippen MR) is 224 cm³/mol. The molecule has 1 nitrogen and oxygen atoms in total. The fourth-order valence-corrected chi connectivity index (χ4v) is 9.18. The van der Waals surface area contributed by atoms with Gasteiger partial charge >= 0.3 is 0 Å². The summed E-state index contributed by atoms with van der Waals surface area (Å²) >= 11 is 0. The molecular weight excluding hydrogens is 622 g/mol. The van der Waals surface area contributed by atoms with Crippen molar-refractivity contribution in [3.63, 3.8) is 0 Å². The van der Waals surface area contributed by atoms with Crippen LogP contribution in [0.1, 0.15) is 117 Å². The Kier molecular flexibility index (Phi) is 11.4. The van der Waals surface area contributed by atoms with Gasteiger partial charge in [0, 0.05) is 22.2 Å². The summed E-state index contributed by atoms with van der Waals surface area (Å²) in [5.74, 6) is -0.361. The Morgan fingerprint density at radius 3 is 2.06 bits per heavy atom. The van der Waals surface area contributed by atoms with Crippen LogP contribution in [0.4, 0.5) is 4.39 Å². The van der Waals surface area contributed by atoms with Crippen molar-refractivity contribution >= 4 is 16.6 Å². The van der Waals surface area contributed by atoms with Crippen LogP contribution in [0.25, 0.3) is 27.7 Å². The molecule has 0 fully saturated rings. The Hall–Kier alpha value is -3.91.